The molecule has 0 aliphatic carbocycles. The second-order valence-corrected chi connectivity index (χ2v) is 6.78. The molecule has 2 fully saturated rings. The van der Waals surface area contributed by atoms with Crippen LogP contribution in [-0.4, -0.2) is 58.7 Å². The third kappa shape index (κ3) is 3.89. The number of morpholine rings is 1. The van der Waals surface area contributed by atoms with Gasteiger partial charge in [-0.05, 0) is 33.6 Å². The minimum atomic E-state index is -0.126. The van der Waals surface area contributed by atoms with E-state index < -0.39 is 0 Å². The molecule has 2 aliphatic heterocycles. The van der Waals surface area contributed by atoms with Crippen LogP contribution in [0.1, 0.15) is 45.3 Å². The number of urea groups is 1. The van der Waals surface area contributed by atoms with Crippen LogP contribution in [0.15, 0.2) is 12.4 Å². The average Bonchev–Trinajstić information content (AvgIpc) is 3.03. The molecule has 24 heavy (non-hydrogen) atoms. The number of carbonyl (C=O) groups is 1. The van der Waals surface area contributed by atoms with Gasteiger partial charge in [0.25, 0.3) is 0 Å². The molecule has 3 rings (SSSR count). The van der Waals surface area contributed by atoms with Crippen molar-refractivity contribution in [2.75, 3.05) is 19.7 Å². The number of aryl methyl sites for hydroxylation is 1. The average molecular weight is 336 g/mol. The maximum absolute atomic E-state index is 12.7. The number of amides is 2. The van der Waals surface area contributed by atoms with Gasteiger partial charge in [0.1, 0.15) is 6.10 Å². The van der Waals surface area contributed by atoms with Crippen LogP contribution >= 0.6 is 0 Å². The largest absolute Gasteiger partial charge is 0.372 e. The molecule has 1 aromatic heterocycles. The Kier molecular flexibility index (Phi) is 5.40. The Balaban J connectivity index is 1.66. The van der Waals surface area contributed by atoms with Crippen molar-refractivity contribution in [2.24, 2.45) is 0 Å². The summed E-state index contributed by atoms with van der Waals surface area (Å²) in [7, 11) is 0. The van der Waals surface area contributed by atoms with E-state index in [4.69, 9.17) is 9.47 Å². The third-order valence-corrected chi connectivity index (χ3v) is 4.64. The zero-order valence-corrected chi connectivity index (χ0v) is 14.8. The van der Waals surface area contributed by atoms with Crippen molar-refractivity contribution in [3.8, 4) is 0 Å². The first-order valence-corrected chi connectivity index (χ1v) is 8.91. The lowest BCUT2D eigenvalue weighted by Gasteiger charge is -2.38. The highest BCUT2D eigenvalue weighted by atomic mass is 16.5. The molecule has 134 valence electrons. The fraction of sp³-hybridized carbons (Fsp3) is 0.765. The van der Waals surface area contributed by atoms with Gasteiger partial charge in [0, 0.05) is 38.0 Å². The van der Waals surface area contributed by atoms with Gasteiger partial charge in [0.05, 0.1) is 24.4 Å². The lowest BCUT2D eigenvalue weighted by molar-refractivity contribution is -0.0568. The Bertz CT molecular complexity index is 552. The number of aromatic nitrogens is 2. The fourth-order valence-corrected chi connectivity index (χ4v) is 3.55. The summed E-state index contributed by atoms with van der Waals surface area (Å²) in [6, 6.07) is -0.0467. The minimum Gasteiger partial charge on any atom is -0.372 e. The molecule has 1 N–H and O–H groups in total. The van der Waals surface area contributed by atoms with Crippen molar-refractivity contribution in [1.82, 2.24) is 20.0 Å². The molecule has 1 aromatic rings. The van der Waals surface area contributed by atoms with E-state index in [9.17, 15) is 4.79 Å². The molecule has 0 unspecified atom stereocenters. The first-order valence-electron chi connectivity index (χ1n) is 8.91. The molecule has 0 aromatic carbocycles. The Morgan fingerprint density at radius 1 is 1.38 bits per heavy atom. The molecule has 7 nitrogen and oxygen atoms in total. The zero-order valence-electron chi connectivity index (χ0n) is 14.8. The molecule has 0 radical (unpaired) electrons. The van der Waals surface area contributed by atoms with Crippen molar-refractivity contribution in [1.29, 1.82) is 0 Å². The molecule has 3 heterocycles. The van der Waals surface area contributed by atoms with Gasteiger partial charge in [-0.25, -0.2) is 4.79 Å². The van der Waals surface area contributed by atoms with Gasteiger partial charge >= 0.3 is 6.03 Å². The van der Waals surface area contributed by atoms with Crippen LogP contribution in [0.2, 0.25) is 0 Å². The Morgan fingerprint density at radius 2 is 2.12 bits per heavy atom. The number of carbonyl (C=O) groups excluding carboxylic acids is 1. The standard InChI is InChI=1S/C17H28N4O3/c1-4-21-11-14(8-18-21)16-15(6-5-7-23-16)19-17(22)20-9-12(2)24-13(3)10-20/h8,11-13,15-16H,4-7,9-10H2,1-3H3,(H,19,22)/t12-,13+,15-,16+/m0/s1. The second kappa shape index (κ2) is 7.53. The fourth-order valence-electron chi connectivity index (χ4n) is 3.55. The predicted molar refractivity (Wildman–Crippen MR) is 89.7 cm³/mol. The highest BCUT2D eigenvalue weighted by Gasteiger charge is 2.33. The normalized spacial score (nSPS) is 31.0. The maximum atomic E-state index is 12.7. The van der Waals surface area contributed by atoms with E-state index in [1.807, 2.05) is 35.8 Å². The minimum absolute atomic E-state index is 0.0192. The topological polar surface area (TPSA) is 68.6 Å². The summed E-state index contributed by atoms with van der Waals surface area (Å²) >= 11 is 0. The third-order valence-electron chi connectivity index (χ3n) is 4.64. The van der Waals surface area contributed by atoms with E-state index >= 15 is 0 Å². The first kappa shape index (κ1) is 17.2. The molecular formula is C17H28N4O3. The molecule has 7 heteroatoms. The van der Waals surface area contributed by atoms with Gasteiger partial charge in [0.15, 0.2) is 0 Å². The van der Waals surface area contributed by atoms with Crippen LogP contribution in [0.25, 0.3) is 0 Å². The van der Waals surface area contributed by atoms with E-state index in [0.29, 0.717) is 13.1 Å². The predicted octanol–water partition coefficient (Wildman–Crippen LogP) is 1.94. The highest BCUT2D eigenvalue weighted by molar-refractivity contribution is 5.74. The molecule has 2 aliphatic rings. The van der Waals surface area contributed by atoms with Crippen molar-refractivity contribution < 1.29 is 14.3 Å². The van der Waals surface area contributed by atoms with Crippen molar-refractivity contribution in [3.63, 3.8) is 0 Å². The van der Waals surface area contributed by atoms with Gasteiger partial charge in [0.2, 0.25) is 0 Å². The highest BCUT2D eigenvalue weighted by Crippen LogP contribution is 2.28. The Labute approximate surface area is 143 Å². The molecule has 4 atom stereocenters. The lowest BCUT2D eigenvalue weighted by atomic mass is 9.98. The van der Waals surface area contributed by atoms with E-state index in [0.717, 1.165) is 31.6 Å². The molecule has 2 amide bonds. The second-order valence-electron chi connectivity index (χ2n) is 6.78. The molecular weight excluding hydrogens is 308 g/mol. The summed E-state index contributed by atoms with van der Waals surface area (Å²) in [5.41, 5.74) is 1.03. The number of hydrogen-bond acceptors (Lipinski definition) is 4. The van der Waals surface area contributed by atoms with E-state index in [1.54, 1.807) is 0 Å². The van der Waals surface area contributed by atoms with Crippen LogP contribution in [0.3, 0.4) is 0 Å². The van der Waals surface area contributed by atoms with E-state index in [-0.39, 0.29) is 30.4 Å². The summed E-state index contributed by atoms with van der Waals surface area (Å²) in [6.07, 6.45) is 5.74. The van der Waals surface area contributed by atoms with Gasteiger partial charge in [-0.3, -0.25) is 4.68 Å². The van der Waals surface area contributed by atoms with Crippen LogP contribution in [0, 0.1) is 0 Å². The number of nitrogens with one attached hydrogen (secondary N) is 1. The molecule has 0 saturated carbocycles. The van der Waals surface area contributed by atoms with Gasteiger partial charge < -0.3 is 19.7 Å². The first-order chi connectivity index (χ1) is 11.6. The van der Waals surface area contributed by atoms with Crippen LogP contribution < -0.4 is 5.32 Å². The number of hydrogen-bond donors (Lipinski definition) is 1. The molecule has 0 spiro atoms. The number of nitrogens with zero attached hydrogens (tertiary/aromatic N) is 3. The monoisotopic (exact) mass is 336 g/mol. The van der Waals surface area contributed by atoms with E-state index in [2.05, 4.69) is 17.3 Å². The van der Waals surface area contributed by atoms with Crippen LogP contribution in [0.5, 0.6) is 0 Å². The summed E-state index contributed by atoms with van der Waals surface area (Å²) < 4.78 is 13.5. The van der Waals surface area contributed by atoms with Crippen LogP contribution in [0.4, 0.5) is 4.79 Å². The lowest BCUT2D eigenvalue weighted by Crippen LogP contribution is -2.55. The number of rotatable bonds is 3. The summed E-state index contributed by atoms with van der Waals surface area (Å²) in [4.78, 5) is 14.5. The van der Waals surface area contributed by atoms with Crippen molar-refractivity contribution >= 4 is 6.03 Å². The quantitative estimate of drug-likeness (QED) is 0.916. The SMILES string of the molecule is CCn1cc([C@H]2OCCC[C@@H]2NC(=O)N2C[C@@H](C)O[C@@H](C)C2)cn1. The van der Waals surface area contributed by atoms with E-state index in [1.165, 1.54) is 0 Å². The smallest absolute Gasteiger partial charge is 0.317 e. The van der Waals surface area contributed by atoms with Gasteiger partial charge in [-0.2, -0.15) is 5.10 Å². The van der Waals surface area contributed by atoms with Crippen LogP contribution in [-0.2, 0) is 16.0 Å². The van der Waals surface area contributed by atoms with Gasteiger partial charge in [-0.15, -0.1) is 0 Å². The molecule has 0 bridgehead atoms. The maximum Gasteiger partial charge on any atom is 0.317 e. The van der Waals surface area contributed by atoms with Gasteiger partial charge in [-0.1, -0.05) is 0 Å². The zero-order chi connectivity index (χ0) is 17.1. The Morgan fingerprint density at radius 3 is 2.79 bits per heavy atom. The summed E-state index contributed by atoms with van der Waals surface area (Å²) in [5, 5.41) is 7.51. The summed E-state index contributed by atoms with van der Waals surface area (Å²) in [5.74, 6) is 0. The molecule has 2 saturated heterocycles. The van der Waals surface area contributed by atoms with Crippen molar-refractivity contribution in [3.05, 3.63) is 18.0 Å². The van der Waals surface area contributed by atoms with Crippen molar-refractivity contribution in [2.45, 2.75) is 64.5 Å². The number of ether oxygens (including phenoxy) is 2. The Hall–Kier alpha value is -1.60. The summed E-state index contributed by atoms with van der Waals surface area (Å²) in [6.45, 7) is 8.86.